The molecule has 2 aromatic rings. The van der Waals surface area contributed by atoms with Gasteiger partial charge in [0.2, 0.25) is 28.1 Å². The molecule has 2 heterocycles. The van der Waals surface area contributed by atoms with Crippen LogP contribution < -0.4 is 14.9 Å². The highest BCUT2D eigenvalue weighted by atomic mass is 32.2. The minimum Gasteiger partial charge on any atom is -0.425 e. The number of ether oxygens (including phenoxy) is 3. The summed E-state index contributed by atoms with van der Waals surface area (Å²) < 4.78 is 42.9. The fourth-order valence-electron chi connectivity index (χ4n) is 5.91. The predicted molar refractivity (Wildman–Crippen MR) is 183 cm³/mol. The Hall–Kier alpha value is -4.17. The molecule has 1 saturated heterocycles. The Morgan fingerprint density at radius 2 is 1.53 bits per heavy atom. The van der Waals surface area contributed by atoms with Crippen molar-refractivity contribution >= 4 is 39.6 Å². The van der Waals surface area contributed by atoms with Gasteiger partial charge in [0.15, 0.2) is 0 Å². The van der Waals surface area contributed by atoms with Gasteiger partial charge in [-0.05, 0) is 64.7 Å². The number of carbonyl (C=O) groups excluding carboxylic acids is 4. The summed E-state index contributed by atoms with van der Waals surface area (Å²) in [5.74, 6) is -1.58. The van der Waals surface area contributed by atoms with Crippen LogP contribution in [-0.4, -0.2) is 87.6 Å². The number of para-hydroxylation sites is 1. The van der Waals surface area contributed by atoms with Gasteiger partial charge in [-0.3, -0.25) is 18.7 Å². The summed E-state index contributed by atoms with van der Waals surface area (Å²) in [4.78, 5) is 54.0. The van der Waals surface area contributed by atoms with Gasteiger partial charge in [0.1, 0.15) is 11.6 Å². The van der Waals surface area contributed by atoms with Crippen LogP contribution in [0.2, 0.25) is 0 Å². The molecule has 49 heavy (non-hydrogen) atoms. The van der Waals surface area contributed by atoms with E-state index in [1.807, 2.05) is 54.6 Å². The lowest BCUT2D eigenvalue weighted by Crippen LogP contribution is -2.61. The molecule has 2 aliphatic heterocycles. The van der Waals surface area contributed by atoms with Crippen molar-refractivity contribution in [1.29, 1.82) is 0 Å². The largest absolute Gasteiger partial charge is 0.425 e. The Kier molecular flexibility index (Phi) is 11.3. The van der Waals surface area contributed by atoms with E-state index in [0.717, 1.165) is 11.1 Å². The van der Waals surface area contributed by atoms with Gasteiger partial charge >= 0.3 is 12.1 Å². The number of anilines is 1. The molecule has 0 radical (unpaired) electrons. The van der Waals surface area contributed by atoms with E-state index in [0.29, 0.717) is 38.2 Å². The molecular weight excluding hydrogens is 652 g/mol. The van der Waals surface area contributed by atoms with Crippen LogP contribution in [0.3, 0.4) is 0 Å². The molecule has 0 saturated carbocycles. The second-order valence-corrected chi connectivity index (χ2v) is 16.2. The Bertz CT molecular complexity index is 1630. The lowest BCUT2D eigenvalue weighted by atomic mass is 9.74. The number of fused-ring (bicyclic) bond motifs is 2. The minimum absolute atomic E-state index is 0.133. The topological polar surface area (TPSA) is 161 Å². The van der Waals surface area contributed by atoms with Crippen LogP contribution in [-0.2, 0) is 50.6 Å². The van der Waals surface area contributed by atoms with Crippen LogP contribution in [0.15, 0.2) is 54.6 Å². The number of sulfonamides is 1. The number of nitrogens with one attached hydrogen (secondary N) is 2. The summed E-state index contributed by atoms with van der Waals surface area (Å²) in [6.07, 6.45) is 0.0700. The molecule has 3 amide bonds. The van der Waals surface area contributed by atoms with Gasteiger partial charge in [-0.25, -0.2) is 13.2 Å². The van der Waals surface area contributed by atoms with E-state index in [-0.39, 0.29) is 19.1 Å². The zero-order valence-electron chi connectivity index (χ0n) is 29.3. The molecule has 0 aliphatic carbocycles. The standard InChI is InChI=1S/C35H48N4O9S/c1-24(47-31(42)33(2,3)4)48-32(43)37-34(5,6)30(41)36-27(22-46-21-25-13-9-8-10-14-25)29(40)38-19-17-35(18-20-38)23-39(49(7,44)45)28-16-12-11-15-26(28)35/h8-16,24,27H,17-23H2,1-7H3,(H,36,41)(H,37,43). The number of hydrogen-bond donors (Lipinski definition) is 2. The predicted octanol–water partition coefficient (Wildman–Crippen LogP) is 3.47. The average Bonchev–Trinajstić information content (AvgIpc) is 3.34. The summed E-state index contributed by atoms with van der Waals surface area (Å²) in [6, 6.07) is 15.8. The maximum Gasteiger partial charge on any atom is 0.411 e. The van der Waals surface area contributed by atoms with Gasteiger partial charge in [0.05, 0.1) is 30.6 Å². The number of carbonyl (C=O) groups is 4. The maximum atomic E-state index is 14.0. The van der Waals surface area contributed by atoms with Crippen LogP contribution in [0.1, 0.15) is 65.5 Å². The normalized spacial score (nSPS) is 17.1. The first-order valence-electron chi connectivity index (χ1n) is 16.3. The van der Waals surface area contributed by atoms with Crippen molar-refractivity contribution in [3.8, 4) is 0 Å². The van der Waals surface area contributed by atoms with Crippen molar-refractivity contribution in [2.45, 2.75) is 84.3 Å². The number of hydrogen-bond acceptors (Lipinski definition) is 9. The summed E-state index contributed by atoms with van der Waals surface area (Å²) in [6.45, 7) is 10.4. The lowest BCUT2D eigenvalue weighted by Gasteiger charge is -2.41. The number of nitrogens with zero attached hydrogens (tertiary/aromatic N) is 2. The van der Waals surface area contributed by atoms with Crippen LogP contribution >= 0.6 is 0 Å². The van der Waals surface area contributed by atoms with Gasteiger partial charge < -0.3 is 29.7 Å². The van der Waals surface area contributed by atoms with Gasteiger partial charge in [-0.2, -0.15) is 0 Å². The third kappa shape index (κ3) is 9.30. The van der Waals surface area contributed by atoms with E-state index in [1.54, 1.807) is 25.7 Å². The van der Waals surface area contributed by atoms with Crippen molar-refractivity contribution in [3.63, 3.8) is 0 Å². The monoisotopic (exact) mass is 700 g/mol. The Morgan fingerprint density at radius 3 is 2.14 bits per heavy atom. The minimum atomic E-state index is -3.49. The Balaban J connectivity index is 1.43. The first-order valence-corrected chi connectivity index (χ1v) is 18.2. The van der Waals surface area contributed by atoms with Crippen LogP contribution in [0.5, 0.6) is 0 Å². The Morgan fingerprint density at radius 1 is 0.918 bits per heavy atom. The van der Waals surface area contributed by atoms with E-state index in [9.17, 15) is 27.6 Å². The number of benzene rings is 2. The smallest absolute Gasteiger partial charge is 0.411 e. The van der Waals surface area contributed by atoms with Crippen LogP contribution in [0.25, 0.3) is 0 Å². The van der Waals surface area contributed by atoms with Crippen LogP contribution in [0, 0.1) is 5.41 Å². The van der Waals surface area contributed by atoms with Crippen molar-refractivity contribution in [2.75, 3.05) is 36.8 Å². The lowest BCUT2D eigenvalue weighted by molar-refractivity contribution is -0.174. The maximum absolute atomic E-state index is 14.0. The highest BCUT2D eigenvalue weighted by Crippen LogP contribution is 2.47. The van der Waals surface area contributed by atoms with Crippen molar-refractivity contribution < 1.29 is 41.8 Å². The van der Waals surface area contributed by atoms with Gasteiger partial charge in [0, 0.05) is 32.0 Å². The van der Waals surface area contributed by atoms with E-state index >= 15 is 0 Å². The average molecular weight is 701 g/mol. The van der Waals surface area contributed by atoms with Gasteiger partial charge in [-0.1, -0.05) is 48.5 Å². The number of rotatable bonds is 11. The first kappa shape index (κ1) is 37.6. The van der Waals surface area contributed by atoms with E-state index < -0.39 is 56.7 Å². The van der Waals surface area contributed by atoms with Crippen LogP contribution in [0.4, 0.5) is 10.5 Å². The summed E-state index contributed by atoms with van der Waals surface area (Å²) >= 11 is 0. The molecule has 2 aliphatic rings. The molecule has 14 heteroatoms. The molecule has 268 valence electrons. The zero-order valence-corrected chi connectivity index (χ0v) is 30.1. The van der Waals surface area contributed by atoms with Gasteiger partial charge in [-0.15, -0.1) is 0 Å². The SMILES string of the molecule is CC(OC(=O)NC(C)(C)C(=O)NC(COCc1ccccc1)C(=O)N1CCC2(CC1)CN(S(C)(=O)=O)c1ccccc12)OC(=O)C(C)(C)C. The second kappa shape index (κ2) is 14.8. The Labute approximate surface area is 288 Å². The quantitative estimate of drug-likeness (QED) is 0.264. The molecule has 1 fully saturated rings. The fraction of sp³-hybridized carbons (Fsp3) is 0.543. The fourth-order valence-corrected chi connectivity index (χ4v) is 6.91. The second-order valence-electron chi connectivity index (χ2n) is 14.3. The molecule has 1 spiro atoms. The third-order valence-electron chi connectivity index (χ3n) is 8.76. The molecule has 0 bridgehead atoms. The zero-order chi connectivity index (χ0) is 36.2. The molecule has 0 aromatic heterocycles. The van der Waals surface area contributed by atoms with Gasteiger partial charge in [0.25, 0.3) is 0 Å². The summed E-state index contributed by atoms with van der Waals surface area (Å²) in [5.41, 5.74) is -0.267. The number of amides is 3. The molecule has 2 N–H and O–H groups in total. The van der Waals surface area contributed by atoms with Crippen molar-refractivity contribution in [1.82, 2.24) is 15.5 Å². The first-order chi connectivity index (χ1) is 22.8. The summed E-state index contributed by atoms with van der Waals surface area (Å²) in [7, 11) is -3.49. The molecular formula is C35H48N4O9S. The highest BCUT2D eigenvalue weighted by molar-refractivity contribution is 7.92. The summed E-state index contributed by atoms with van der Waals surface area (Å²) in [5, 5.41) is 5.24. The molecule has 4 rings (SSSR count). The van der Waals surface area contributed by atoms with E-state index in [4.69, 9.17) is 14.2 Å². The van der Waals surface area contributed by atoms with E-state index in [2.05, 4.69) is 10.6 Å². The third-order valence-corrected chi connectivity index (χ3v) is 9.89. The number of esters is 1. The molecule has 2 unspecified atom stereocenters. The number of piperidine rings is 1. The highest BCUT2D eigenvalue weighted by Gasteiger charge is 2.48. The number of alkyl carbamates (subject to hydrolysis) is 1. The molecule has 2 aromatic carbocycles. The number of likely N-dealkylation sites (tertiary alicyclic amines) is 1. The van der Waals surface area contributed by atoms with Crippen molar-refractivity contribution in [2.24, 2.45) is 5.41 Å². The van der Waals surface area contributed by atoms with E-state index in [1.165, 1.54) is 31.3 Å². The molecule has 13 nitrogen and oxygen atoms in total. The van der Waals surface area contributed by atoms with Crippen molar-refractivity contribution in [3.05, 3.63) is 65.7 Å². The molecule has 2 atom stereocenters.